The summed E-state index contributed by atoms with van der Waals surface area (Å²) in [7, 11) is 0. The van der Waals surface area contributed by atoms with Crippen LogP contribution in [-0.2, 0) is 4.74 Å². The van der Waals surface area contributed by atoms with Gasteiger partial charge in [-0.05, 0) is 25.3 Å². The van der Waals surface area contributed by atoms with Crippen molar-refractivity contribution in [2.75, 3.05) is 19.8 Å². The second-order valence-corrected chi connectivity index (χ2v) is 4.97. The Labute approximate surface area is 110 Å². The van der Waals surface area contributed by atoms with Crippen LogP contribution in [0.25, 0.3) is 0 Å². The Kier molecular flexibility index (Phi) is 6.76. The number of nitrogens with two attached hydrogens (primary N) is 1. The molecule has 0 saturated carbocycles. The summed E-state index contributed by atoms with van der Waals surface area (Å²) in [6, 6.07) is 7.88. The van der Waals surface area contributed by atoms with Gasteiger partial charge in [0.25, 0.3) is 0 Å². The average molecular weight is 251 g/mol. The predicted octanol–water partition coefficient (Wildman–Crippen LogP) is 3.15. The van der Waals surface area contributed by atoms with Crippen LogP contribution in [0.5, 0.6) is 5.75 Å². The molecule has 1 rings (SSSR count). The van der Waals surface area contributed by atoms with Crippen LogP contribution >= 0.6 is 0 Å². The molecule has 0 fully saturated rings. The fourth-order valence-electron chi connectivity index (χ4n) is 1.62. The second-order valence-electron chi connectivity index (χ2n) is 4.97. The Morgan fingerprint density at radius 2 is 1.78 bits per heavy atom. The van der Waals surface area contributed by atoms with Crippen LogP contribution in [0.15, 0.2) is 24.3 Å². The van der Waals surface area contributed by atoms with Gasteiger partial charge in [0.05, 0.1) is 6.61 Å². The van der Waals surface area contributed by atoms with E-state index in [9.17, 15) is 0 Å². The molecule has 0 heterocycles. The summed E-state index contributed by atoms with van der Waals surface area (Å²) in [5.74, 6) is 1.55. The third-order valence-corrected chi connectivity index (χ3v) is 2.73. The molecule has 3 heteroatoms. The first-order valence-corrected chi connectivity index (χ1v) is 6.66. The van der Waals surface area contributed by atoms with Crippen molar-refractivity contribution in [2.24, 2.45) is 11.7 Å². The van der Waals surface area contributed by atoms with E-state index in [0.717, 1.165) is 24.3 Å². The fourth-order valence-corrected chi connectivity index (χ4v) is 1.62. The first-order valence-electron chi connectivity index (χ1n) is 6.66. The molecule has 1 aromatic rings. The predicted molar refractivity (Wildman–Crippen MR) is 74.8 cm³/mol. The van der Waals surface area contributed by atoms with Crippen molar-refractivity contribution in [2.45, 2.75) is 33.2 Å². The zero-order chi connectivity index (χ0) is 13.4. The van der Waals surface area contributed by atoms with Crippen molar-refractivity contribution in [3.63, 3.8) is 0 Å². The summed E-state index contributed by atoms with van der Waals surface area (Å²) < 4.78 is 11.2. The van der Waals surface area contributed by atoms with Crippen molar-refractivity contribution in [3.05, 3.63) is 29.8 Å². The van der Waals surface area contributed by atoms with E-state index in [1.807, 2.05) is 31.2 Å². The van der Waals surface area contributed by atoms with Gasteiger partial charge in [-0.2, -0.15) is 0 Å². The summed E-state index contributed by atoms with van der Waals surface area (Å²) in [4.78, 5) is 0. The van der Waals surface area contributed by atoms with Crippen LogP contribution in [0.4, 0.5) is 0 Å². The fraction of sp³-hybridized carbons (Fsp3) is 0.600. The van der Waals surface area contributed by atoms with Crippen molar-refractivity contribution in [1.29, 1.82) is 0 Å². The average Bonchev–Trinajstić information content (AvgIpc) is 2.33. The van der Waals surface area contributed by atoms with Crippen molar-refractivity contribution < 1.29 is 9.47 Å². The largest absolute Gasteiger partial charge is 0.491 e. The molecule has 0 aliphatic heterocycles. The molecule has 0 aliphatic carbocycles. The smallest absolute Gasteiger partial charge is 0.124 e. The van der Waals surface area contributed by atoms with Gasteiger partial charge < -0.3 is 15.2 Å². The van der Waals surface area contributed by atoms with Gasteiger partial charge >= 0.3 is 0 Å². The van der Waals surface area contributed by atoms with Crippen molar-refractivity contribution in [1.82, 2.24) is 0 Å². The molecule has 18 heavy (non-hydrogen) atoms. The maximum atomic E-state index is 5.89. The van der Waals surface area contributed by atoms with Crippen LogP contribution < -0.4 is 10.5 Å². The van der Waals surface area contributed by atoms with E-state index in [-0.39, 0.29) is 6.04 Å². The molecule has 102 valence electrons. The molecule has 3 nitrogen and oxygen atoms in total. The molecule has 0 bridgehead atoms. The van der Waals surface area contributed by atoms with Gasteiger partial charge in [-0.1, -0.05) is 32.0 Å². The third kappa shape index (κ3) is 5.52. The summed E-state index contributed by atoms with van der Waals surface area (Å²) >= 11 is 0. The Bertz CT molecular complexity index is 337. The molecular formula is C15H25NO2. The van der Waals surface area contributed by atoms with Crippen LogP contribution in [0.2, 0.25) is 0 Å². The Hall–Kier alpha value is -1.06. The Morgan fingerprint density at radius 3 is 2.44 bits per heavy atom. The van der Waals surface area contributed by atoms with Gasteiger partial charge in [-0.25, -0.2) is 0 Å². The monoisotopic (exact) mass is 251 g/mol. The van der Waals surface area contributed by atoms with Crippen LogP contribution in [-0.4, -0.2) is 19.8 Å². The first kappa shape index (κ1) is 15.0. The molecule has 0 aromatic heterocycles. The van der Waals surface area contributed by atoms with Gasteiger partial charge in [0.1, 0.15) is 12.4 Å². The van der Waals surface area contributed by atoms with Crippen LogP contribution in [0, 0.1) is 5.92 Å². The minimum Gasteiger partial charge on any atom is -0.491 e. The number of ether oxygens (including phenoxy) is 2. The van der Waals surface area contributed by atoms with E-state index in [1.54, 1.807) is 0 Å². The highest BCUT2D eigenvalue weighted by Crippen LogP contribution is 2.22. The van der Waals surface area contributed by atoms with E-state index in [0.29, 0.717) is 19.1 Å². The van der Waals surface area contributed by atoms with E-state index in [4.69, 9.17) is 15.2 Å². The summed E-state index contributed by atoms with van der Waals surface area (Å²) in [6.07, 6.45) is 1.09. The van der Waals surface area contributed by atoms with Gasteiger partial charge in [0, 0.05) is 18.2 Å². The second kappa shape index (κ2) is 8.11. The maximum absolute atomic E-state index is 5.89. The highest BCUT2D eigenvalue weighted by atomic mass is 16.5. The molecule has 0 aliphatic rings. The maximum Gasteiger partial charge on any atom is 0.124 e. The lowest BCUT2D eigenvalue weighted by molar-refractivity contribution is 0.0922. The van der Waals surface area contributed by atoms with Gasteiger partial charge in [0.2, 0.25) is 0 Å². The minimum atomic E-state index is -0.0111. The molecule has 0 amide bonds. The van der Waals surface area contributed by atoms with E-state index in [1.165, 1.54) is 0 Å². The Morgan fingerprint density at radius 1 is 1.06 bits per heavy atom. The lowest BCUT2D eigenvalue weighted by atomic mass is 10.1. The number of hydrogen-bond acceptors (Lipinski definition) is 3. The number of benzene rings is 1. The molecule has 0 radical (unpaired) electrons. The van der Waals surface area contributed by atoms with Crippen LogP contribution in [0.3, 0.4) is 0 Å². The number of rotatable bonds is 8. The van der Waals surface area contributed by atoms with Gasteiger partial charge in [-0.3, -0.25) is 0 Å². The molecule has 2 N–H and O–H groups in total. The van der Waals surface area contributed by atoms with Gasteiger partial charge in [0.15, 0.2) is 0 Å². The SMILES string of the molecule is CC(C)CCOCCOc1ccccc1C(C)N. The third-order valence-electron chi connectivity index (χ3n) is 2.73. The number of hydrogen-bond donors (Lipinski definition) is 1. The zero-order valence-corrected chi connectivity index (χ0v) is 11.7. The molecular weight excluding hydrogens is 226 g/mol. The van der Waals surface area contributed by atoms with Crippen molar-refractivity contribution >= 4 is 0 Å². The standard InChI is InChI=1S/C15H25NO2/c1-12(2)8-9-17-10-11-18-15-7-5-4-6-14(15)13(3)16/h4-7,12-13H,8-11,16H2,1-3H3. The zero-order valence-electron chi connectivity index (χ0n) is 11.7. The summed E-state index contributed by atoms with van der Waals surface area (Å²) in [6.45, 7) is 8.34. The Balaban J connectivity index is 2.27. The van der Waals surface area contributed by atoms with E-state index >= 15 is 0 Å². The van der Waals surface area contributed by atoms with Gasteiger partial charge in [-0.15, -0.1) is 0 Å². The molecule has 1 atom stereocenters. The lowest BCUT2D eigenvalue weighted by Crippen LogP contribution is -2.12. The minimum absolute atomic E-state index is 0.0111. The molecule has 0 spiro atoms. The van der Waals surface area contributed by atoms with Crippen molar-refractivity contribution in [3.8, 4) is 5.75 Å². The van der Waals surface area contributed by atoms with E-state index < -0.39 is 0 Å². The quantitative estimate of drug-likeness (QED) is 0.722. The summed E-state index contributed by atoms with van der Waals surface area (Å²) in [5.41, 5.74) is 6.93. The van der Waals surface area contributed by atoms with E-state index in [2.05, 4.69) is 13.8 Å². The molecule has 1 unspecified atom stereocenters. The highest BCUT2D eigenvalue weighted by molar-refractivity contribution is 5.35. The first-order chi connectivity index (χ1) is 8.61. The lowest BCUT2D eigenvalue weighted by Gasteiger charge is -2.14. The number of para-hydroxylation sites is 1. The topological polar surface area (TPSA) is 44.5 Å². The molecule has 1 aromatic carbocycles. The normalized spacial score (nSPS) is 12.7. The summed E-state index contributed by atoms with van der Waals surface area (Å²) in [5, 5.41) is 0. The highest BCUT2D eigenvalue weighted by Gasteiger charge is 2.06. The van der Waals surface area contributed by atoms with Crippen LogP contribution in [0.1, 0.15) is 38.8 Å². The molecule has 0 saturated heterocycles.